The maximum Gasteiger partial charge on any atom is 0.221 e. The zero-order valence-electron chi connectivity index (χ0n) is 9.24. The summed E-state index contributed by atoms with van der Waals surface area (Å²) in [5.41, 5.74) is 0. The Morgan fingerprint density at radius 2 is 2.25 bits per heavy atom. The average Bonchev–Trinajstić information content (AvgIpc) is 2.63. The van der Waals surface area contributed by atoms with Crippen molar-refractivity contribution in [2.45, 2.75) is 31.7 Å². The minimum atomic E-state index is -3.41. The summed E-state index contributed by atoms with van der Waals surface area (Å²) < 4.78 is 21.2. The first-order valence-electron chi connectivity index (χ1n) is 5.48. The van der Waals surface area contributed by atoms with Gasteiger partial charge >= 0.3 is 0 Å². The van der Waals surface area contributed by atoms with Crippen molar-refractivity contribution in [2.24, 2.45) is 5.14 Å². The number of nitrogens with two attached hydrogens (primary N) is 1. The van der Waals surface area contributed by atoms with Gasteiger partial charge in [-0.3, -0.25) is 4.79 Å². The maximum absolute atomic E-state index is 11.4. The number of amides is 1. The number of hydrogen-bond donors (Lipinski definition) is 3. The van der Waals surface area contributed by atoms with Crippen molar-refractivity contribution in [3.8, 4) is 0 Å². The second kappa shape index (κ2) is 6.17. The summed E-state index contributed by atoms with van der Waals surface area (Å²) in [5, 5.41) is 10.7. The maximum atomic E-state index is 11.4. The van der Waals surface area contributed by atoms with E-state index in [0.717, 1.165) is 19.4 Å². The Hall–Kier alpha value is -0.660. The van der Waals surface area contributed by atoms with Crippen LogP contribution in [-0.2, 0) is 14.8 Å². The molecule has 1 aliphatic rings. The van der Waals surface area contributed by atoms with Gasteiger partial charge in [-0.05, 0) is 25.8 Å². The van der Waals surface area contributed by atoms with E-state index in [1.54, 1.807) is 0 Å². The van der Waals surface area contributed by atoms with E-state index in [-0.39, 0.29) is 17.7 Å². The molecule has 4 N–H and O–H groups in total. The van der Waals surface area contributed by atoms with Crippen LogP contribution in [0, 0.1) is 0 Å². The number of carbonyl (C=O) groups is 1. The molecule has 0 aliphatic carbocycles. The SMILES string of the molecule is NS(=O)(=O)CCCNC(=O)CC1CCCN1. The van der Waals surface area contributed by atoms with E-state index in [0.29, 0.717) is 19.4 Å². The summed E-state index contributed by atoms with van der Waals surface area (Å²) in [7, 11) is -3.41. The van der Waals surface area contributed by atoms with E-state index >= 15 is 0 Å². The topological polar surface area (TPSA) is 101 Å². The summed E-state index contributed by atoms with van der Waals surface area (Å²) in [6, 6.07) is 0.276. The largest absolute Gasteiger partial charge is 0.356 e. The summed E-state index contributed by atoms with van der Waals surface area (Å²) in [6.07, 6.45) is 2.98. The molecule has 0 aromatic rings. The van der Waals surface area contributed by atoms with Gasteiger partial charge in [-0.15, -0.1) is 0 Å². The van der Waals surface area contributed by atoms with Crippen molar-refractivity contribution in [2.75, 3.05) is 18.8 Å². The quantitative estimate of drug-likeness (QED) is 0.521. The predicted octanol–water partition coefficient (Wildman–Crippen LogP) is -1.08. The van der Waals surface area contributed by atoms with Gasteiger partial charge in [0.25, 0.3) is 0 Å². The molecule has 1 unspecified atom stereocenters. The van der Waals surface area contributed by atoms with Crippen LogP contribution in [0.2, 0.25) is 0 Å². The molecule has 1 aliphatic heterocycles. The molecule has 0 spiro atoms. The molecule has 0 aromatic heterocycles. The van der Waals surface area contributed by atoms with Crippen molar-refractivity contribution in [1.29, 1.82) is 0 Å². The van der Waals surface area contributed by atoms with Gasteiger partial charge in [0.1, 0.15) is 0 Å². The molecule has 1 atom stereocenters. The van der Waals surface area contributed by atoms with Crippen molar-refractivity contribution in [3.63, 3.8) is 0 Å². The Morgan fingerprint density at radius 3 is 2.81 bits per heavy atom. The fourth-order valence-electron chi connectivity index (χ4n) is 1.73. The van der Waals surface area contributed by atoms with Crippen molar-refractivity contribution < 1.29 is 13.2 Å². The van der Waals surface area contributed by atoms with Crippen molar-refractivity contribution >= 4 is 15.9 Å². The van der Waals surface area contributed by atoms with Gasteiger partial charge in [0.05, 0.1) is 5.75 Å². The second-order valence-electron chi connectivity index (χ2n) is 4.07. The molecule has 0 bridgehead atoms. The standard InChI is InChI=1S/C9H19N3O3S/c10-16(14,15)6-2-5-12-9(13)7-8-3-1-4-11-8/h8,11H,1-7H2,(H,12,13)(H2,10,14,15). The van der Waals surface area contributed by atoms with Gasteiger partial charge in [-0.2, -0.15) is 0 Å². The predicted molar refractivity (Wildman–Crippen MR) is 61.2 cm³/mol. The Kier molecular flexibility index (Phi) is 5.17. The first-order valence-corrected chi connectivity index (χ1v) is 7.19. The zero-order chi connectivity index (χ0) is 12.0. The Morgan fingerprint density at radius 1 is 1.50 bits per heavy atom. The molecule has 16 heavy (non-hydrogen) atoms. The van der Waals surface area contributed by atoms with E-state index in [2.05, 4.69) is 10.6 Å². The van der Waals surface area contributed by atoms with Crippen LogP contribution in [-0.4, -0.2) is 39.2 Å². The van der Waals surface area contributed by atoms with Crippen LogP contribution >= 0.6 is 0 Å². The molecule has 0 aromatic carbocycles. The van der Waals surface area contributed by atoms with E-state index in [1.165, 1.54) is 0 Å². The first kappa shape index (κ1) is 13.4. The number of hydrogen-bond acceptors (Lipinski definition) is 4. The highest BCUT2D eigenvalue weighted by atomic mass is 32.2. The zero-order valence-corrected chi connectivity index (χ0v) is 10.1. The number of rotatable bonds is 6. The van der Waals surface area contributed by atoms with Crippen LogP contribution in [0.1, 0.15) is 25.7 Å². The molecule has 0 saturated carbocycles. The Balaban J connectivity index is 2.06. The highest BCUT2D eigenvalue weighted by molar-refractivity contribution is 7.89. The van der Waals surface area contributed by atoms with E-state index in [9.17, 15) is 13.2 Å². The van der Waals surface area contributed by atoms with Gasteiger partial charge in [0.15, 0.2) is 0 Å². The van der Waals surface area contributed by atoms with Crippen LogP contribution in [0.4, 0.5) is 0 Å². The fraction of sp³-hybridized carbons (Fsp3) is 0.889. The third-order valence-electron chi connectivity index (χ3n) is 2.52. The third-order valence-corrected chi connectivity index (χ3v) is 3.38. The molecular weight excluding hydrogens is 230 g/mol. The van der Waals surface area contributed by atoms with E-state index in [4.69, 9.17) is 5.14 Å². The van der Waals surface area contributed by atoms with Gasteiger partial charge in [0, 0.05) is 19.0 Å². The molecule has 1 heterocycles. The number of sulfonamides is 1. The summed E-state index contributed by atoms with van der Waals surface area (Å²) in [4.78, 5) is 11.4. The lowest BCUT2D eigenvalue weighted by Gasteiger charge is -2.09. The first-order chi connectivity index (χ1) is 7.47. The summed E-state index contributed by atoms with van der Waals surface area (Å²) in [6.45, 7) is 1.34. The van der Waals surface area contributed by atoms with Crippen molar-refractivity contribution in [3.05, 3.63) is 0 Å². The summed E-state index contributed by atoms with van der Waals surface area (Å²) >= 11 is 0. The number of carbonyl (C=O) groups excluding carboxylic acids is 1. The molecule has 1 amide bonds. The van der Waals surface area contributed by atoms with Crippen LogP contribution in [0.15, 0.2) is 0 Å². The van der Waals surface area contributed by atoms with E-state index < -0.39 is 10.0 Å². The smallest absolute Gasteiger partial charge is 0.221 e. The lowest BCUT2D eigenvalue weighted by Crippen LogP contribution is -2.33. The molecule has 7 heteroatoms. The van der Waals surface area contributed by atoms with Gasteiger partial charge in [-0.25, -0.2) is 13.6 Å². The van der Waals surface area contributed by atoms with Gasteiger partial charge in [-0.1, -0.05) is 0 Å². The van der Waals surface area contributed by atoms with Crippen LogP contribution in [0.5, 0.6) is 0 Å². The molecule has 94 valence electrons. The fourth-order valence-corrected chi connectivity index (χ4v) is 2.27. The molecular formula is C9H19N3O3S. The molecule has 1 saturated heterocycles. The minimum absolute atomic E-state index is 0.0335. The highest BCUT2D eigenvalue weighted by Gasteiger charge is 2.17. The number of nitrogens with one attached hydrogen (secondary N) is 2. The molecule has 6 nitrogen and oxygen atoms in total. The lowest BCUT2D eigenvalue weighted by molar-refractivity contribution is -0.121. The average molecular weight is 249 g/mol. The molecule has 1 rings (SSSR count). The minimum Gasteiger partial charge on any atom is -0.356 e. The second-order valence-corrected chi connectivity index (χ2v) is 5.80. The number of primary sulfonamides is 1. The third kappa shape index (κ3) is 6.04. The molecule has 1 fully saturated rings. The van der Waals surface area contributed by atoms with E-state index in [1.807, 2.05) is 0 Å². The van der Waals surface area contributed by atoms with Crippen LogP contribution in [0.3, 0.4) is 0 Å². The summed E-state index contributed by atoms with van der Waals surface area (Å²) in [5.74, 6) is -0.122. The lowest BCUT2D eigenvalue weighted by atomic mass is 10.1. The van der Waals surface area contributed by atoms with Crippen LogP contribution in [0.25, 0.3) is 0 Å². The molecule has 0 radical (unpaired) electrons. The highest BCUT2D eigenvalue weighted by Crippen LogP contribution is 2.07. The van der Waals surface area contributed by atoms with Gasteiger partial charge in [0.2, 0.25) is 15.9 Å². The normalized spacial score (nSPS) is 20.9. The van der Waals surface area contributed by atoms with Gasteiger partial charge < -0.3 is 10.6 Å². The Labute approximate surface area is 96.0 Å². The van der Waals surface area contributed by atoms with Crippen LogP contribution < -0.4 is 15.8 Å². The monoisotopic (exact) mass is 249 g/mol. The Bertz CT molecular complexity index is 323. The van der Waals surface area contributed by atoms with Crippen molar-refractivity contribution in [1.82, 2.24) is 10.6 Å².